The van der Waals surface area contributed by atoms with Gasteiger partial charge in [-0.15, -0.1) is 0 Å². The number of carbonyl (C=O) groups excluding carboxylic acids is 2. The summed E-state index contributed by atoms with van der Waals surface area (Å²) in [6.07, 6.45) is 0. The highest BCUT2D eigenvalue weighted by Gasteiger charge is 2.14. The Labute approximate surface area is 105 Å². The largest absolute Gasteiger partial charge is 0.398 e. The zero-order valence-electron chi connectivity index (χ0n) is 9.66. The number of nitrogens with one attached hydrogen (secondary N) is 1. The first-order valence-corrected chi connectivity index (χ1v) is 5.34. The molecule has 0 saturated heterocycles. The number of carbonyl (C=O) groups is 2. The molecule has 1 aromatic rings. The molecular weight excluding hydrogens is 242 g/mol. The van der Waals surface area contributed by atoms with Gasteiger partial charge in [0.2, 0.25) is 5.91 Å². The van der Waals surface area contributed by atoms with Crippen LogP contribution in [-0.2, 0) is 4.79 Å². The second-order valence-electron chi connectivity index (χ2n) is 3.57. The van der Waals surface area contributed by atoms with Crippen molar-refractivity contribution in [1.82, 2.24) is 10.2 Å². The standard InChI is InChI=1S/C11H14ClN3O2/c1-14-10(16)6-15(2)11(17)7-3-4-8(12)9(13)5-7/h3-5H,6,13H2,1-2H3,(H,14,16). The van der Waals surface area contributed by atoms with Gasteiger partial charge in [-0.2, -0.15) is 0 Å². The van der Waals surface area contributed by atoms with Gasteiger partial charge in [0, 0.05) is 19.7 Å². The highest BCUT2D eigenvalue weighted by atomic mass is 35.5. The normalized spacial score (nSPS) is 9.82. The van der Waals surface area contributed by atoms with Gasteiger partial charge in [-0.1, -0.05) is 11.6 Å². The molecule has 0 radical (unpaired) electrons. The predicted octanol–water partition coefficient (Wildman–Crippen LogP) is 0.740. The lowest BCUT2D eigenvalue weighted by Gasteiger charge is -2.16. The van der Waals surface area contributed by atoms with Crippen molar-refractivity contribution in [3.05, 3.63) is 28.8 Å². The second-order valence-corrected chi connectivity index (χ2v) is 3.98. The SMILES string of the molecule is CNC(=O)CN(C)C(=O)c1ccc(Cl)c(N)c1. The van der Waals surface area contributed by atoms with Crippen LogP contribution in [0.25, 0.3) is 0 Å². The van der Waals surface area contributed by atoms with Crippen LogP contribution in [-0.4, -0.2) is 37.4 Å². The Kier molecular flexibility index (Phi) is 4.34. The molecule has 0 aromatic heterocycles. The van der Waals surface area contributed by atoms with Crippen LogP contribution in [0.5, 0.6) is 0 Å². The minimum absolute atomic E-state index is 0.00212. The lowest BCUT2D eigenvalue weighted by atomic mass is 10.2. The molecule has 1 rings (SSSR count). The Morgan fingerprint density at radius 3 is 2.65 bits per heavy atom. The molecule has 0 aliphatic carbocycles. The van der Waals surface area contributed by atoms with Gasteiger partial charge in [-0.25, -0.2) is 0 Å². The van der Waals surface area contributed by atoms with E-state index in [1.807, 2.05) is 0 Å². The number of benzene rings is 1. The van der Waals surface area contributed by atoms with Crippen LogP contribution in [0.4, 0.5) is 5.69 Å². The zero-order chi connectivity index (χ0) is 13.0. The minimum atomic E-state index is -0.281. The fraction of sp³-hybridized carbons (Fsp3) is 0.273. The van der Waals surface area contributed by atoms with Crippen molar-refractivity contribution in [1.29, 1.82) is 0 Å². The summed E-state index contributed by atoms with van der Waals surface area (Å²) in [5.74, 6) is -0.514. The van der Waals surface area contributed by atoms with Crippen molar-refractivity contribution in [2.24, 2.45) is 0 Å². The number of likely N-dealkylation sites (N-methyl/N-ethyl adjacent to an activating group) is 2. The number of nitrogens with zero attached hydrogens (tertiary/aromatic N) is 1. The van der Waals surface area contributed by atoms with Crippen molar-refractivity contribution in [2.45, 2.75) is 0 Å². The molecule has 5 nitrogen and oxygen atoms in total. The van der Waals surface area contributed by atoms with Gasteiger partial charge in [-0.3, -0.25) is 9.59 Å². The maximum atomic E-state index is 11.9. The van der Waals surface area contributed by atoms with Gasteiger partial charge < -0.3 is 16.0 Å². The molecule has 1 aromatic carbocycles. The molecule has 0 unspecified atom stereocenters. The Hall–Kier alpha value is -1.75. The van der Waals surface area contributed by atoms with E-state index in [0.717, 1.165) is 0 Å². The third-order valence-electron chi connectivity index (χ3n) is 2.25. The maximum Gasteiger partial charge on any atom is 0.254 e. The average molecular weight is 256 g/mol. The molecule has 0 heterocycles. The Morgan fingerprint density at radius 2 is 2.12 bits per heavy atom. The third kappa shape index (κ3) is 3.35. The molecule has 0 aliphatic rings. The highest BCUT2D eigenvalue weighted by Crippen LogP contribution is 2.20. The maximum absolute atomic E-state index is 11.9. The van der Waals surface area contributed by atoms with Crippen LogP contribution in [0.1, 0.15) is 10.4 Å². The summed E-state index contributed by atoms with van der Waals surface area (Å²) in [7, 11) is 3.06. The number of amides is 2. The van der Waals surface area contributed by atoms with Crippen molar-refractivity contribution >= 4 is 29.1 Å². The van der Waals surface area contributed by atoms with Gasteiger partial charge in [0.15, 0.2) is 0 Å². The molecule has 92 valence electrons. The Balaban J connectivity index is 2.81. The molecule has 0 spiro atoms. The molecule has 0 aliphatic heterocycles. The fourth-order valence-electron chi connectivity index (χ4n) is 1.26. The van der Waals surface area contributed by atoms with Gasteiger partial charge in [0.05, 0.1) is 17.3 Å². The van der Waals surface area contributed by atoms with E-state index in [2.05, 4.69) is 5.32 Å². The zero-order valence-corrected chi connectivity index (χ0v) is 10.4. The number of rotatable bonds is 3. The van der Waals surface area contributed by atoms with Crippen LogP contribution in [0.2, 0.25) is 5.02 Å². The average Bonchev–Trinajstić information content (AvgIpc) is 2.31. The van der Waals surface area contributed by atoms with Crippen LogP contribution in [0, 0.1) is 0 Å². The van der Waals surface area contributed by atoms with E-state index in [1.165, 1.54) is 18.0 Å². The molecule has 3 N–H and O–H groups in total. The van der Waals surface area contributed by atoms with Crippen LogP contribution in [0.3, 0.4) is 0 Å². The van der Waals surface area contributed by atoms with Crippen LogP contribution >= 0.6 is 11.6 Å². The van der Waals surface area contributed by atoms with E-state index >= 15 is 0 Å². The Bertz CT molecular complexity index is 448. The van der Waals surface area contributed by atoms with E-state index in [9.17, 15) is 9.59 Å². The summed E-state index contributed by atoms with van der Waals surface area (Å²) >= 11 is 5.76. The van der Waals surface area contributed by atoms with Crippen molar-refractivity contribution in [3.8, 4) is 0 Å². The second kappa shape index (κ2) is 5.54. The third-order valence-corrected chi connectivity index (χ3v) is 2.59. The van der Waals surface area contributed by atoms with E-state index in [4.69, 9.17) is 17.3 Å². The topological polar surface area (TPSA) is 75.4 Å². The molecule has 6 heteroatoms. The van der Waals surface area contributed by atoms with Crippen molar-refractivity contribution in [3.63, 3.8) is 0 Å². The molecule has 2 amide bonds. The summed E-state index contributed by atoms with van der Waals surface area (Å²) in [6.45, 7) is -0.00212. The predicted molar refractivity (Wildman–Crippen MR) is 66.9 cm³/mol. The van der Waals surface area contributed by atoms with Gasteiger partial charge in [0.1, 0.15) is 0 Å². The number of hydrogen-bond donors (Lipinski definition) is 2. The quantitative estimate of drug-likeness (QED) is 0.783. The van der Waals surface area contributed by atoms with E-state index in [0.29, 0.717) is 16.3 Å². The number of hydrogen-bond acceptors (Lipinski definition) is 3. The molecule has 0 saturated carbocycles. The van der Waals surface area contributed by atoms with Crippen molar-refractivity contribution < 1.29 is 9.59 Å². The molecule has 17 heavy (non-hydrogen) atoms. The monoisotopic (exact) mass is 255 g/mol. The smallest absolute Gasteiger partial charge is 0.254 e. The number of nitrogen functional groups attached to an aromatic ring is 1. The van der Waals surface area contributed by atoms with E-state index in [-0.39, 0.29) is 18.4 Å². The van der Waals surface area contributed by atoms with Crippen molar-refractivity contribution in [2.75, 3.05) is 26.4 Å². The minimum Gasteiger partial charge on any atom is -0.398 e. The summed E-state index contributed by atoms with van der Waals surface area (Å²) in [5, 5.41) is 2.84. The highest BCUT2D eigenvalue weighted by molar-refractivity contribution is 6.33. The summed E-state index contributed by atoms with van der Waals surface area (Å²) in [6, 6.07) is 4.62. The molecule has 0 fully saturated rings. The van der Waals surface area contributed by atoms with Crippen LogP contribution in [0.15, 0.2) is 18.2 Å². The molecular formula is C11H14ClN3O2. The van der Waals surface area contributed by atoms with E-state index in [1.54, 1.807) is 19.2 Å². The summed E-state index contributed by atoms with van der Waals surface area (Å²) in [4.78, 5) is 24.3. The van der Waals surface area contributed by atoms with Gasteiger partial charge in [-0.05, 0) is 18.2 Å². The number of anilines is 1. The number of halogens is 1. The van der Waals surface area contributed by atoms with Gasteiger partial charge in [0.25, 0.3) is 5.91 Å². The summed E-state index contributed by atoms with van der Waals surface area (Å²) < 4.78 is 0. The first kappa shape index (κ1) is 13.3. The first-order chi connectivity index (χ1) is 7.95. The Morgan fingerprint density at radius 1 is 1.47 bits per heavy atom. The van der Waals surface area contributed by atoms with E-state index < -0.39 is 0 Å². The number of nitrogens with two attached hydrogens (primary N) is 1. The molecule has 0 bridgehead atoms. The lowest BCUT2D eigenvalue weighted by molar-refractivity contribution is -0.121. The first-order valence-electron chi connectivity index (χ1n) is 4.96. The summed E-state index contributed by atoms with van der Waals surface area (Å²) in [5.41, 5.74) is 6.34. The van der Waals surface area contributed by atoms with Crippen LogP contribution < -0.4 is 11.1 Å². The molecule has 0 atom stereocenters. The van der Waals surface area contributed by atoms with Gasteiger partial charge >= 0.3 is 0 Å². The lowest BCUT2D eigenvalue weighted by Crippen LogP contribution is -2.36. The fourth-order valence-corrected chi connectivity index (χ4v) is 1.38.